The fourth-order valence-corrected chi connectivity index (χ4v) is 2.53. The third kappa shape index (κ3) is 2.86. The summed E-state index contributed by atoms with van der Waals surface area (Å²) < 4.78 is 0. The SMILES string of the molecule is Cl.O=C(c1ccc([N+](=O)[O-])c2cccnc12)N1CCNCC1. The van der Waals surface area contributed by atoms with Gasteiger partial charge in [-0.25, -0.2) is 0 Å². The van der Waals surface area contributed by atoms with Crippen molar-refractivity contribution >= 4 is 34.9 Å². The van der Waals surface area contributed by atoms with Crippen LogP contribution in [0, 0.1) is 10.1 Å². The van der Waals surface area contributed by atoms with Crippen molar-refractivity contribution in [3.05, 3.63) is 46.1 Å². The molecule has 1 N–H and O–H groups in total. The van der Waals surface area contributed by atoms with E-state index in [1.807, 2.05) is 0 Å². The van der Waals surface area contributed by atoms with Crippen LogP contribution in [0.4, 0.5) is 5.69 Å². The number of rotatable bonds is 2. The van der Waals surface area contributed by atoms with E-state index in [4.69, 9.17) is 0 Å². The van der Waals surface area contributed by atoms with Crippen molar-refractivity contribution < 1.29 is 9.72 Å². The van der Waals surface area contributed by atoms with Gasteiger partial charge in [-0.05, 0) is 18.2 Å². The summed E-state index contributed by atoms with van der Waals surface area (Å²) in [5.41, 5.74) is 0.767. The number of nitro groups is 1. The quantitative estimate of drug-likeness (QED) is 0.670. The van der Waals surface area contributed by atoms with Crippen LogP contribution in [0.1, 0.15) is 10.4 Å². The van der Waals surface area contributed by atoms with E-state index < -0.39 is 4.92 Å². The highest BCUT2D eigenvalue weighted by Gasteiger charge is 2.23. The summed E-state index contributed by atoms with van der Waals surface area (Å²) in [5.74, 6) is -0.130. The summed E-state index contributed by atoms with van der Waals surface area (Å²) in [6, 6.07) is 6.13. The van der Waals surface area contributed by atoms with Gasteiger partial charge >= 0.3 is 0 Å². The van der Waals surface area contributed by atoms with Crippen LogP contribution in [-0.2, 0) is 0 Å². The number of non-ortho nitro benzene ring substituents is 1. The van der Waals surface area contributed by atoms with Gasteiger partial charge in [-0.1, -0.05) is 0 Å². The Morgan fingerprint density at radius 2 is 2.00 bits per heavy atom. The van der Waals surface area contributed by atoms with Crippen molar-refractivity contribution in [2.24, 2.45) is 0 Å². The van der Waals surface area contributed by atoms with Crippen LogP contribution in [0.3, 0.4) is 0 Å². The second kappa shape index (κ2) is 6.67. The molecule has 8 heteroatoms. The summed E-state index contributed by atoms with van der Waals surface area (Å²) in [6.07, 6.45) is 1.54. The molecule has 0 unspecified atom stereocenters. The maximum absolute atomic E-state index is 12.6. The lowest BCUT2D eigenvalue weighted by molar-refractivity contribution is -0.383. The van der Waals surface area contributed by atoms with Crippen LogP contribution in [-0.4, -0.2) is 46.9 Å². The highest BCUT2D eigenvalue weighted by Crippen LogP contribution is 2.27. The van der Waals surface area contributed by atoms with Crippen molar-refractivity contribution in [2.75, 3.05) is 26.2 Å². The molecule has 1 aliphatic rings. The first-order valence-electron chi connectivity index (χ1n) is 6.70. The second-order valence-corrected chi connectivity index (χ2v) is 4.83. The molecule has 2 heterocycles. The number of nitrogens with zero attached hydrogens (tertiary/aromatic N) is 3. The van der Waals surface area contributed by atoms with Gasteiger partial charge in [0, 0.05) is 38.4 Å². The predicted molar refractivity (Wildman–Crippen MR) is 84.4 cm³/mol. The maximum Gasteiger partial charge on any atom is 0.278 e. The van der Waals surface area contributed by atoms with E-state index in [1.54, 1.807) is 23.2 Å². The molecule has 1 aromatic heterocycles. The lowest BCUT2D eigenvalue weighted by atomic mass is 10.1. The van der Waals surface area contributed by atoms with Crippen molar-refractivity contribution in [3.63, 3.8) is 0 Å². The van der Waals surface area contributed by atoms with Crippen LogP contribution in [0.5, 0.6) is 0 Å². The third-order valence-corrected chi connectivity index (χ3v) is 3.58. The predicted octanol–water partition coefficient (Wildman–Crippen LogP) is 1.61. The van der Waals surface area contributed by atoms with Gasteiger partial charge in [-0.2, -0.15) is 0 Å². The van der Waals surface area contributed by atoms with Gasteiger partial charge in [-0.15, -0.1) is 12.4 Å². The molecule has 1 amide bonds. The first-order valence-corrected chi connectivity index (χ1v) is 6.70. The Kier molecular flexibility index (Phi) is 4.89. The summed E-state index contributed by atoms with van der Waals surface area (Å²) >= 11 is 0. The third-order valence-electron chi connectivity index (χ3n) is 3.58. The van der Waals surface area contributed by atoms with E-state index in [0.29, 0.717) is 29.6 Å². The van der Waals surface area contributed by atoms with Crippen molar-refractivity contribution in [1.82, 2.24) is 15.2 Å². The standard InChI is InChI=1S/C14H14N4O3.ClH/c19-14(17-8-6-15-7-9-17)11-3-4-12(18(20)21)10-2-1-5-16-13(10)11;/h1-5,15H,6-9H2;1H. The molecule has 0 saturated carbocycles. The van der Waals surface area contributed by atoms with Gasteiger partial charge in [0.1, 0.15) is 0 Å². The molecule has 0 spiro atoms. The molecule has 0 bridgehead atoms. The summed E-state index contributed by atoms with van der Waals surface area (Å²) in [6.45, 7) is 2.77. The number of hydrogen-bond acceptors (Lipinski definition) is 5. The smallest absolute Gasteiger partial charge is 0.278 e. The van der Waals surface area contributed by atoms with Crippen LogP contribution in [0.25, 0.3) is 10.9 Å². The number of aromatic nitrogens is 1. The topological polar surface area (TPSA) is 88.4 Å². The summed E-state index contributed by atoms with van der Waals surface area (Å²) in [5, 5.41) is 14.6. The van der Waals surface area contributed by atoms with Gasteiger partial charge in [0.15, 0.2) is 0 Å². The Hall–Kier alpha value is -2.25. The van der Waals surface area contributed by atoms with Crippen LogP contribution >= 0.6 is 12.4 Å². The number of benzene rings is 1. The molecule has 1 saturated heterocycles. The summed E-state index contributed by atoms with van der Waals surface area (Å²) in [7, 11) is 0. The van der Waals surface area contributed by atoms with Gasteiger partial charge in [0.25, 0.3) is 11.6 Å². The van der Waals surface area contributed by atoms with E-state index in [1.165, 1.54) is 12.1 Å². The number of fused-ring (bicyclic) bond motifs is 1. The van der Waals surface area contributed by atoms with Gasteiger partial charge in [0.2, 0.25) is 0 Å². The maximum atomic E-state index is 12.6. The first kappa shape index (κ1) is 16.1. The zero-order valence-electron chi connectivity index (χ0n) is 11.7. The number of piperazine rings is 1. The number of amides is 1. The summed E-state index contributed by atoms with van der Waals surface area (Å²) in [4.78, 5) is 29.1. The number of nitro benzene ring substituents is 1. The lowest BCUT2D eigenvalue weighted by Gasteiger charge is -2.27. The van der Waals surface area contributed by atoms with Gasteiger partial charge in [-0.3, -0.25) is 19.9 Å². The first-order chi connectivity index (χ1) is 10.2. The number of nitrogens with one attached hydrogen (secondary N) is 1. The molecule has 3 rings (SSSR count). The fraction of sp³-hybridized carbons (Fsp3) is 0.286. The van der Waals surface area contributed by atoms with E-state index >= 15 is 0 Å². The monoisotopic (exact) mass is 322 g/mol. The molecular weight excluding hydrogens is 308 g/mol. The average Bonchev–Trinajstić information content (AvgIpc) is 2.54. The molecule has 1 aromatic carbocycles. The van der Waals surface area contributed by atoms with Crippen LogP contribution < -0.4 is 5.32 Å². The molecule has 7 nitrogen and oxygen atoms in total. The van der Waals surface area contributed by atoms with Crippen molar-refractivity contribution in [3.8, 4) is 0 Å². The minimum atomic E-state index is -0.455. The number of hydrogen-bond donors (Lipinski definition) is 1. The van der Waals surface area contributed by atoms with E-state index in [2.05, 4.69) is 10.3 Å². The molecule has 0 atom stereocenters. The molecule has 1 fully saturated rings. The Morgan fingerprint density at radius 3 is 2.68 bits per heavy atom. The average molecular weight is 323 g/mol. The molecule has 0 radical (unpaired) electrons. The van der Waals surface area contributed by atoms with Crippen molar-refractivity contribution in [1.29, 1.82) is 0 Å². The van der Waals surface area contributed by atoms with Gasteiger partial charge in [0.05, 0.1) is 21.4 Å². The second-order valence-electron chi connectivity index (χ2n) is 4.83. The molecular formula is C14H15ClN4O3. The zero-order chi connectivity index (χ0) is 14.8. The molecule has 2 aromatic rings. The van der Waals surface area contributed by atoms with Gasteiger partial charge < -0.3 is 10.2 Å². The number of halogens is 1. The molecule has 0 aliphatic carbocycles. The molecule has 22 heavy (non-hydrogen) atoms. The molecule has 1 aliphatic heterocycles. The Morgan fingerprint density at radius 1 is 1.27 bits per heavy atom. The fourth-order valence-electron chi connectivity index (χ4n) is 2.53. The van der Waals surface area contributed by atoms with E-state index in [0.717, 1.165) is 13.1 Å². The van der Waals surface area contributed by atoms with Crippen LogP contribution in [0.2, 0.25) is 0 Å². The minimum absolute atomic E-state index is 0. The minimum Gasteiger partial charge on any atom is -0.336 e. The highest BCUT2D eigenvalue weighted by atomic mass is 35.5. The van der Waals surface area contributed by atoms with E-state index in [-0.39, 0.29) is 24.0 Å². The Bertz CT molecular complexity index is 716. The highest BCUT2D eigenvalue weighted by molar-refractivity contribution is 6.07. The largest absolute Gasteiger partial charge is 0.336 e. The van der Waals surface area contributed by atoms with Crippen molar-refractivity contribution in [2.45, 2.75) is 0 Å². The molecule has 116 valence electrons. The van der Waals surface area contributed by atoms with Crippen LogP contribution in [0.15, 0.2) is 30.5 Å². The lowest BCUT2D eigenvalue weighted by Crippen LogP contribution is -2.46. The number of carbonyl (C=O) groups is 1. The Labute approximate surface area is 132 Å². The normalized spacial score (nSPS) is 14.5. The number of carbonyl (C=O) groups excluding carboxylic acids is 1. The number of pyridine rings is 1. The Balaban J connectivity index is 0.00000176. The zero-order valence-corrected chi connectivity index (χ0v) is 12.5. The van der Waals surface area contributed by atoms with E-state index in [9.17, 15) is 14.9 Å².